The van der Waals surface area contributed by atoms with Crippen LogP contribution in [-0.4, -0.2) is 7.05 Å². The van der Waals surface area contributed by atoms with E-state index in [2.05, 4.69) is 68.3 Å². The molecule has 0 fully saturated rings. The molecule has 0 aliphatic rings. The minimum atomic E-state index is 0.572. The van der Waals surface area contributed by atoms with Gasteiger partial charge in [0, 0.05) is 25.2 Å². The Kier molecular flexibility index (Phi) is 4.49. The predicted octanol–water partition coefficient (Wildman–Crippen LogP) is 4.68. The summed E-state index contributed by atoms with van der Waals surface area (Å²) >= 11 is 5.86. The molecule has 0 heterocycles. The van der Waals surface area contributed by atoms with Crippen LogP contribution in [-0.2, 0) is 12.4 Å². The molecule has 19 heavy (non-hydrogen) atoms. The smallest absolute Gasteiger partial charge is 0.0474 e. The Bertz CT molecular complexity index is 546. The molecule has 2 aromatic rings. The maximum atomic E-state index is 5.86. The first-order valence-electron chi connectivity index (χ1n) is 6.52. The number of aryl methyl sites for hydroxylation is 2. The van der Waals surface area contributed by atoms with Gasteiger partial charge < -0.3 is 4.90 Å². The second kappa shape index (κ2) is 6.12. The molecule has 0 aliphatic carbocycles. The number of hydrogen-bond acceptors (Lipinski definition) is 1. The average molecular weight is 274 g/mol. The zero-order valence-corrected chi connectivity index (χ0v) is 12.5. The maximum Gasteiger partial charge on any atom is 0.0474 e. The van der Waals surface area contributed by atoms with Gasteiger partial charge in [-0.3, -0.25) is 0 Å². The summed E-state index contributed by atoms with van der Waals surface area (Å²) in [6, 6.07) is 15.1. The normalized spacial score (nSPS) is 10.5. The van der Waals surface area contributed by atoms with E-state index in [0.29, 0.717) is 5.88 Å². The van der Waals surface area contributed by atoms with E-state index in [9.17, 15) is 0 Å². The molecule has 0 N–H and O–H groups in total. The van der Waals surface area contributed by atoms with Gasteiger partial charge in [0.25, 0.3) is 0 Å². The van der Waals surface area contributed by atoms with Crippen LogP contribution < -0.4 is 4.90 Å². The summed E-state index contributed by atoms with van der Waals surface area (Å²) in [5, 5.41) is 0. The summed E-state index contributed by atoms with van der Waals surface area (Å²) in [4.78, 5) is 2.28. The quantitative estimate of drug-likeness (QED) is 0.731. The highest BCUT2D eigenvalue weighted by molar-refractivity contribution is 6.17. The van der Waals surface area contributed by atoms with Crippen molar-refractivity contribution in [1.29, 1.82) is 0 Å². The van der Waals surface area contributed by atoms with Gasteiger partial charge in [-0.15, -0.1) is 11.6 Å². The van der Waals surface area contributed by atoms with Crippen molar-refractivity contribution in [2.45, 2.75) is 26.3 Å². The summed E-state index contributed by atoms with van der Waals surface area (Å²) in [5.41, 5.74) is 6.33. The minimum Gasteiger partial charge on any atom is -0.370 e. The lowest BCUT2D eigenvalue weighted by molar-refractivity contribution is 0.916. The van der Waals surface area contributed by atoms with E-state index in [-0.39, 0.29) is 0 Å². The molecule has 2 aromatic carbocycles. The first-order valence-corrected chi connectivity index (χ1v) is 7.06. The monoisotopic (exact) mass is 273 g/mol. The third-order valence-electron chi connectivity index (χ3n) is 3.37. The molecule has 2 heteroatoms. The summed E-state index contributed by atoms with van der Waals surface area (Å²) in [6.45, 7) is 5.17. The number of benzene rings is 2. The Morgan fingerprint density at radius 1 is 0.947 bits per heavy atom. The number of anilines is 1. The zero-order chi connectivity index (χ0) is 13.8. The van der Waals surface area contributed by atoms with Crippen molar-refractivity contribution in [2.75, 3.05) is 11.9 Å². The van der Waals surface area contributed by atoms with E-state index in [1.807, 2.05) is 0 Å². The lowest BCUT2D eigenvalue weighted by Crippen LogP contribution is -2.17. The molecule has 0 bridgehead atoms. The van der Waals surface area contributed by atoms with Gasteiger partial charge in [0.15, 0.2) is 0 Å². The third-order valence-corrected chi connectivity index (χ3v) is 3.68. The van der Waals surface area contributed by atoms with E-state index >= 15 is 0 Å². The van der Waals surface area contributed by atoms with Gasteiger partial charge in [-0.1, -0.05) is 42.0 Å². The minimum absolute atomic E-state index is 0.572. The molecule has 0 unspecified atom stereocenters. The van der Waals surface area contributed by atoms with Crippen molar-refractivity contribution in [3.63, 3.8) is 0 Å². The van der Waals surface area contributed by atoms with Crippen LogP contribution in [0.5, 0.6) is 0 Å². The van der Waals surface area contributed by atoms with Crippen LogP contribution in [0.3, 0.4) is 0 Å². The summed E-state index contributed by atoms with van der Waals surface area (Å²) in [6.07, 6.45) is 0. The van der Waals surface area contributed by atoms with Crippen LogP contribution in [0.15, 0.2) is 42.5 Å². The number of nitrogens with zero attached hydrogens (tertiary/aromatic N) is 1. The summed E-state index contributed by atoms with van der Waals surface area (Å²) < 4.78 is 0. The van der Waals surface area contributed by atoms with Gasteiger partial charge in [-0.25, -0.2) is 0 Å². The van der Waals surface area contributed by atoms with Crippen LogP contribution >= 0.6 is 11.6 Å². The lowest BCUT2D eigenvalue weighted by Gasteiger charge is -2.22. The van der Waals surface area contributed by atoms with Crippen LogP contribution in [0, 0.1) is 13.8 Å². The second-order valence-corrected chi connectivity index (χ2v) is 5.36. The molecule has 0 amide bonds. The molecule has 0 saturated heterocycles. The molecule has 0 spiro atoms. The van der Waals surface area contributed by atoms with Crippen molar-refractivity contribution in [3.05, 3.63) is 64.7 Å². The third kappa shape index (κ3) is 3.51. The fraction of sp³-hybridized carbons (Fsp3) is 0.294. The van der Waals surface area contributed by atoms with Gasteiger partial charge in [-0.05, 0) is 36.6 Å². The van der Waals surface area contributed by atoms with Crippen molar-refractivity contribution >= 4 is 17.3 Å². The summed E-state index contributed by atoms with van der Waals surface area (Å²) in [5.74, 6) is 0.572. The topological polar surface area (TPSA) is 3.24 Å². The van der Waals surface area contributed by atoms with Crippen molar-refractivity contribution in [1.82, 2.24) is 0 Å². The number of rotatable bonds is 4. The van der Waals surface area contributed by atoms with E-state index < -0.39 is 0 Å². The van der Waals surface area contributed by atoms with Crippen LogP contribution in [0.4, 0.5) is 5.69 Å². The van der Waals surface area contributed by atoms with Crippen LogP contribution in [0.25, 0.3) is 0 Å². The van der Waals surface area contributed by atoms with Crippen molar-refractivity contribution < 1.29 is 0 Å². The van der Waals surface area contributed by atoms with Crippen molar-refractivity contribution in [3.8, 4) is 0 Å². The highest BCUT2D eigenvalue weighted by atomic mass is 35.5. The van der Waals surface area contributed by atoms with E-state index in [0.717, 1.165) is 6.54 Å². The van der Waals surface area contributed by atoms with E-state index in [1.165, 1.54) is 27.9 Å². The van der Waals surface area contributed by atoms with Crippen LogP contribution in [0.1, 0.15) is 22.3 Å². The fourth-order valence-electron chi connectivity index (χ4n) is 2.28. The molecular weight excluding hydrogens is 254 g/mol. The van der Waals surface area contributed by atoms with Gasteiger partial charge in [0.05, 0.1) is 0 Å². The lowest BCUT2D eigenvalue weighted by atomic mass is 10.1. The Balaban J connectivity index is 2.15. The van der Waals surface area contributed by atoms with Crippen LogP contribution in [0.2, 0.25) is 0 Å². The van der Waals surface area contributed by atoms with Gasteiger partial charge in [-0.2, -0.15) is 0 Å². The molecule has 0 atom stereocenters. The predicted molar refractivity (Wildman–Crippen MR) is 84.0 cm³/mol. The number of hydrogen-bond donors (Lipinski definition) is 0. The van der Waals surface area contributed by atoms with Crippen molar-refractivity contribution in [2.24, 2.45) is 0 Å². The van der Waals surface area contributed by atoms with E-state index in [1.54, 1.807) is 0 Å². The molecular formula is C17H20ClN. The molecule has 0 aliphatic heterocycles. The highest BCUT2D eigenvalue weighted by Gasteiger charge is 2.06. The molecule has 0 saturated carbocycles. The molecule has 0 aromatic heterocycles. The maximum absolute atomic E-state index is 5.86. The number of alkyl halides is 1. The number of halogens is 1. The SMILES string of the molecule is Cc1ccc(CN(C)c2ccc(CCl)cc2C)cc1. The summed E-state index contributed by atoms with van der Waals surface area (Å²) in [7, 11) is 2.13. The van der Waals surface area contributed by atoms with Gasteiger partial charge in [0.1, 0.15) is 0 Å². The van der Waals surface area contributed by atoms with Gasteiger partial charge in [0.2, 0.25) is 0 Å². The highest BCUT2D eigenvalue weighted by Crippen LogP contribution is 2.22. The zero-order valence-electron chi connectivity index (χ0n) is 11.8. The molecule has 100 valence electrons. The first-order chi connectivity index (χ1) is 9.10. The average Bonchev–Trinajstić information content (AvgIpc) is 2.41. The van der Waals surface area contributed by atoms with Gasteiger partial charge >= 0.3 is 0 Å². The Hall–Kier alpha value is -1.47. The Labute approximate surface area is 120 Å². The fourth-order valence-corrected chi connectivity index (χ4v) is 2.45. The molecule has 0 radical (unpaired) electrons. The Morgan fingerprint density at radius 2 is 1.58 bits per heavy atom. The van der Waals surface area contributed by atoms with E-state index in [4.69, 9.17) is 11.6 Å². The second-order valence-electron chi connectivity index (χ2n) is 5.10. The molecule has 2 rings (SSSR count). The molecule has 1 nitrogen and oxygen atoms in total. The largest absolute Gasteiger partial charge is 0.370 e. The standard InChI is InChI=1S/C17H20ClN/c1-13-4-6-15(7-5-13)12-19(3)17-9-8-16(11-18)10-14(17)2/h4-10H,11-12H2,1-3H3. The Morgan fingerprint density at radius 3 is 2.16 bits per heavy atom. The first kappa shape index (κ1) is 14.0.